The smallest absolute Gasteiger partial charge is 0.321 e. The number of imidazole rings is 1. The molecule has 1 aliphatic heterocycles. The fourth-order valence-corrected chi connectivity index (χ4v) is 2.76. The predicted octanol–water partition coefficient (Wildman–Crippen LogP) is 1.32. The highest BCUT2D eigenvalue weighted by Crippen LogP contribution is 2.19. The number of anilines is 1. The number of nitrogens with one attached hydrogen (secondary N) is 2. The number of likely N-dealkylation sites (tertiary alicyclic amines) is 1. The van der Waals surface area contributed by atoms with Gasteiger partial charge in [-0.2, -0.15) is 0 Å². The first-order valence-electron chi connectivity index (χ1n) is 7.27. The van der Waals surface area contributed by atoms with Crippen LogP contribution >= 0.6 is 0 Å². The minimum Gasteiger partial charge on any atom is -0.352 e. The Balaban J connectivity index is 1.66. The second kappa shape index (κ2) is 5.67. The SMILES string of the molecule is CC(=O)N[C@H]1CCN(C(=O)Nc2ccc3ncn(C)c3c2)C1. The Morgan fingerprint density at radius 3 is 2.95 bits per heavy atom. The quantitative estimate of drug-likeness (QED) is 0.878. The number of hydrogen-bond donors (Lipinski definition) is 2. The number of rotatable bonds is 2. The van der Waals surface area contributed by atoms with Gasteiger partial charge in [0.1, 0.15) is 0 Å². The molecule has 0 spiro atoms. The van der Waals surface area contributed by atoms with E-state index in [0.717, 1.165) is 23.1 Å². The molecule has 1 aromatic carbocycles. The molecule has 0 unspecified atom stereocenters. The molecule has 2 N–H and O–H groups in total. The maximum atomic E-state index is 12.3. The Morgan fingerprint density at radius 2 is 2.18 bits per heavy atom. The summed E-state index contributed by atoms with van der Waals surface area (Å²) in [4.78, 5) is 29.3. The van der Waals surface area contributed by atoms with E-state index in [2.05, 4.69) is 15.6 Å². The Morgan fingerprint density at radius 1 is 1.36 bits per heavy atom. The van der Waals surface area contributed by atoms with Crippen molar-refractivity contribution in [3.05, 3.63) is 24.5 Å². The molecule has 0 radical (unpaired) electrons. The van der Waals surface area contributed by atoms with Crippen molar-refractivity contribution in [2.45, 2.75) is 19.4 Å². The van der Waals surface area contributed by atoms with Crippen LogP contribution in [-0.4, -0.2) is 45.5 Å². The van der Waals surface area contributed by atoms with Crippen LogP contribution in [0.15, 0.2) is 24.5 Å². The molecule has 2 heterocycles. The average molecular weight is 301 g/mol. The molecule has 0 aliphatic carbocycles. The van der Waals surface area contributed by atoms with Gasteiger partial charge >= 0.3 is 6.03 Å². The summed E-state index contributed by atoms with van der Waals surface area (Å²) < 4.78 is 1.91. The van der Waals surface area contributed by atoms with Crippen LogP contribution in [0.5, 0.6) is 0 Å². The average Bonchev–Trinajstić information content (AvgIpc) is 3.06. The molecular weight excluding hydrogens is 282 g/mol. The molecule has 1 aliphatic rings. The second-order valence-corrected chi connectivity index (χ2v) is 5.62. The Bertz CT molecular complexity index is 724. The fraction of sp³-hybridized carbons (Fsp3) is 0.400. The lowest BCUT2D eigenvalue weighted by Crippen LogP contribution is -2.38. The molecule has 22 heavy (non-hydrogen) atoms. The lowest BCUT2D eigenvalue weighted by molar-refractivity contribution is -0.119. The van der Waals surface area contributed by atoms with E-state index in [1.165, 1.54) is 6.92 Å². The van der Waals surface area contributed by atoms with Crippen molar-refractivity contribution in [2.75, 3.05) is 18.4 Å². The molecule has 3 amide bonds. The number of fused-ring (bicyclic) bond motifs is 1. The number of aromatic nitrogens is 2. The number of nitrogens with zero attached hydrogens (tertiary/aromatic N) is 3. The summed E-state index contributed by atoms with van der Waals surface area (Å²) in [5.41, 5.74) is 2.60. The van der Waals surface area contributed by atoms with E-state index < -0.39 is 0 Å². The molecule has 1 aromatic heterocycles. The Labute approximate surface area is 128 Å². The van der Waals surface area contributed by atoms with E-state index in [1.54, 1.807) is 11.2 Å². The van der Waals surface area contributed by atoms with E-state index in [-0.39, 0.29) is 18.0 Å². The maximum absolute atomic E-state index is 12.3. The van der Waals surface area contributed by atoms with Crippen molar-refractivity contribution in [3.63, 3.8) is 0 Å². The van der Waals surface area contributed by atoms with Crippen LogP contribution in [0.25, 0.3) is 11.0 Å². The van der Waals surface area contributed by atoms with E-state index in [1.807, 2.05) is 29.8 Å². The maximum Gasteiger partial charge on any atom is 0.321 e. The Hall–Kier alpha value is -2.57. The van der Waals surface area contributed by atoms with E-state index in [4.69, 9.17) is 0 Å². The van der Waals surface area contributed by atoms with Crippen molar-refractivity contribution in [1.82, 2.24) is 19.8 Å². The lowest BCUT2D eigenvalue weighted by atomic mass is 10.2. The molecule has 1 saturated heterocycles. The molecular formula is C15H19N5O2. The minimum absolute atomic E-state index is 0.0443. The molecule has 0 saturated carbocycles. The van der Waals surface area contributed by atoms with Crippen LogP contribution in [-0.2, 0) is 11.8 Å². The monoisotopic (exact) mass is 301 g/mol. The zero-order valence-electron chi connectivity index (χ0n) is 12.7. The number of hydrogen-bond acceptors (Lipinski definition) is 3. The molecule has 116 valence electrons. The highest BCUT2D eigenvalue weighted by Gasteiger charge is 2.26. The second-order valence-electron chi connectivity index (χ2n) is 5.62. The third-order valence-corrected chi connectivity index (χ3v) is 3.86. The standard InChI is InChI=1S/C15H19N5O2/c1-10(21)17-12-5-6-20(8-12)15(22)18-11-3-4-13-14(7-11)19(2)9-16-13/h3-4,7,9,12H,5-6,8H2,1-2H3,(H,17,21)(H,18,22)/t12-/m0/s1. The summed E-state index contributed by atoms with van der Waals surface area (Å²) in [5, 5.41) is 5.75. The number of carbonyl (C=O) groups is 2. The van der Waals surface area contributed by atoms with Gasteiger partial charge in [-0.1, -0.05) is 0 Å². The largest absolute Gasteiger partial charge is 0.352 e. The van der Waals surface area contributed by atoms with Crippen LogP contribution < -0.4 is 10.6 Å². The van der Waals surface area contributed by atoms with E-state index in [9.17, 15) is 9.59 Å². The first kappa shape index (κ1) is 14.4. The number of benzene rings is 1. The Kier molecular flexibility index (Phi) is 3.70. The number of amides is 3. The van der Waals surface area contributed by atoms with Gasteiger partial charge < -0.3 is 20.1 Å². The normalized spacial score (nSPS) is 17.7. The zero-order chi connectivity index (χ0) is 15.7. The van der Waals surface area contributed by atoms with Gasteiger partial charge in [-0.25, -0.2) is 9.78 Å². The molecule has 1 atom stereocenters. The summed E-state index contributed by atoms with van der Waals surface area (Å²) in [6.45, 7) is 2.68. The number of carbonyl (C=O) groups excluding carboxylic acids is 2. The van der Waals surface area contributed by atoms with Crippen LogP contribution in [0.3, 0.4) is 0 Å². The van der Waals surface area contributed by atoms with Gasteiger partial charge in [0.25, 0.3) is 0 Å². The summed E-state index contributed by atoms with van der Waals surface area (Å²) in [6.07, 6.45) is 2.53. The van der Waals surface area contributed by atoms with E-state index >= 15 is 0 Å². The van der Waals surface area contributed by atoms with Gasteiger partial charge in [-0.05, 0) is 24.6 Å². The first-order valence-corrected chi connectivity index (χ1v) is 7.27. The van der Waals surface area contributed by atoms with Crippen molar-refractivity contribution in [2.24, 2.45) is 7.05 Å². The highest BCUT2D eigenvalue weighted by atomic mass is 16.2. The summed E-state index contributed by atoms with van der Waals surface area (Å²) in [6, 6.07) is 5.53. The van der Waals surface area contributed by atoms with Crippen molar-refractivity contribution in [3.8, 4) is 0 Å². The topological polar surface area (TPSA) is 79.3 Å². The molecule has 1 fully saturated rings. The van der Waals surface area contributed by atoms with Crippen LogP contribution in [0.2, 0.25) is 0 Å². The van der Waals surface area contributed by atoms with E-state index in [0.29, 0.717) is 13.1 Å². The third kappa shape index (κ3) is 2.88. The molecule has 7 heteroatoms. The molecule has 0 bridgehead atoms. The van der Waals surface area contributed by atoms with Gasteiger partial charge in [0.05, 0.1) is 17.4 Å². The van der Waals surface area contributed by atoms with Gasteiger partial charge in [-0.15, -0.1) is 0 Å². The minimum atomic E-state index is -0.144. The summed E-state index contributed by atoms with van der Waals surface area (Å²) in [7, 11) is 1.92. The zero-order valence-corrected chi connectivity index (χ0v) is 12.7. The highest BCUT2D eigenvalue weighted by molar-refractivity contribution is 5.92. The van der Waals surface area contributed by atoms with Crippen molar-refractivity contribution < 1.29 is 9.59 Å². The van der Waals surface area contributed by atoms with Crippen molar-refractivity contribution >= 4 is 28.7 Å². The number of urea groups is 1. The lowest BCUT2D eigenvalue weighted by Gasteiger charge is -2.17. The van der Waals surface area contributed by atoms with Crippen LogP contribution in [0, 0.1) is 0 Å². The van der Waals surface area contributed by atoms with Crippen molar-refractivity contribution in [1.29, 1.82) is 0 Å². The van der Waals surface area contributed by atoms with Gasteiger partial charge in [0.15, 0.2) is 0 Å². The molecule has 2 aromatic rings. The van der Waals surface area contributed by atoms with Crippen LogP contribution in [0.4, 0.5) is 10.5 Å². The molecule has 7 nitrogen and oxygen atoms in total. The van der Waals surface area contributed by atoms with Gasteiger partial charge in [0, 0.05) is 38.8 Å². The van der Waals surface area contributed by atoms with Crippen LogP contribution in [0.1, 0.15) is 13.3 Å². The predicted molar refractivity (Wildman–Crippen MR) is 83.5 cm³/mol. The third-order valence-electron chi connectivity index (χ3n) is 3.86. The summed E-state index contributed by atoms with van der Waals surface area (Å²) in [5.74, 6) is -0.0612. The molecule has 3 rings (SSSR count). The van der Waals surface area contributed by atoms with Gasteiger partial charge in [-0.3, -0.25) is 4.79 Å². The number of aryl methyl sites for hydroxylation is 1. The summed E-state index contributed by atoms with van der Waals surface area (Å²) >= 11 is 0. The fourth-order valence-electron chi connectivity index (χ4n) is 2.76. The first-order chi connectivity index (χ1) is 10.5. The van der Waals surface area contributed by atoms with Gasteiger partial charge in [0.2, 0.25) is 5.91 Å².